The number of carbonyl (C=O) groups is 1. The Labute approximate surface area is 167 Å². The second kappa shape index (κ2) is 10.2. The summed E-state index contributed by atoms with van der Waals surface area (Å²) >= 11 is 0. The Morgan fingerprint density at radius 3 is 2.79 bits per heavy atom. The van der Waals surface area contributed by atoms with Crippen molar-refractivity contribution in [2.24, 2.45) is 5.92 Å². The first-order chi connectivity index (χ1) is 13.6. The van der Waals surface area contributed by atoms with Crippen LogP contribution in [0.3, 0.4) is 0 Å². The van der Waals surface area contributed by atoms with Gasteiger partial charge in [-0.15, -0.1) is 0 Å². The van der Waals surface area contributed by atoms with Crippen molar-refractivity contribution in [3.63, 3.8) is 0 Å². The second-order valence-corrected chi connectivity index (χ2v) is 7.67. The highest BCUT2D eigenvalue weighted by molar-refractivity contribution is 5.89. The quantitative estimate of drug-likeness (QED) is 0.733. The second-order valence-electron chi connectivity index (χ2n) is 7.67. The average molecular weight is 386 g/mol. The van der Waals surface area contributed by atoms with Crippen LogP contribution in [0, 0.1) is 5.92 Å². The molecule has 2 aromatic rings. The number of nitrogens with one attached hydrogen (secondary N) is 2. The fourth-order valence-corrected chi connectivity index (χ4v) is 3.56. The van der Waals surface area contributed by atoms with E-state index in [9.17, 15) is 4.79 Å². The molecule has 28 heavy (non-hydrogen) atoms. The largest absolute Gasteiger partial charge is 0.379 e. The van der Waals surface area contributed by atoms with Crippen molar-refractivity contribution in [2.75, 3.05) is 38.2 Å². The minimum Gasteiger partial charge on any atom is -0.379 e. The van der Waals surface area contributed by atoms with Crippen LogP contribution in [0.5, 0.6) is 0 Å². The Balaban J connectivity index is 1.52. The molecule has 7 heteroatoms. The lowest BCUT2D eigenvalue weighted by Gasteiger charge is -2.35. The number of aromatic nitrogens is 2. The zero-order valence-corrected chi connectivity index (χ0v) is 16.8. The molecule has 2 N–H and O–H groups in total. The van der Waals surface area contributed by atoms with Crippen molar-refractivity contribution in [2.45, 2.75) is 32.9 Å². The number of rotatable bonds is 8. The van der Waals surface area contributed by atoms with E-state index in [1.165, 1.54) is 0 Å². The van der Waals surface area contributed by atoms with E-state index in [1.807, 2.05) is 41.2 Å². The maximum absolute atomic E-state index is 12.4. The van der Waals surface area contributed by atoms with E-state index in [0.717, 1.165) is 44.0 Å². The van der Waals surface area contributed by atoms with Crippen molar-refractivity contribution in [3.05, 3.63) is 48.3 Å². The Kier molecular flexibility index (Phi) is 7.45. The molecular weight excluding hydrogens is 354 g/mol. The van der Waals surface area contributed by atoms with Gasteiger partial charge in [-0.2, -0.15) is 5.10 Å². The summed E-state index contributed by atoms with van der Waals surface area (Å²) in [4.78, 5) is 14.9. The van der Waals surface area contributed by atoms with Crippen molar-refractivity contribution in [1.82, 2.24) is 20.0 Å². The zero-order chi connectivity index (χ0) is 19.8. The van der Waals surface area contributed by atoms with Crippen molar-refractivity contribution >= 4 is 11.7 Å². The van der Waals surface area contributed by atoms with Crippen LogP contribution < -0.4 is 10.6 Å². The molecule has 152 valence electrons. The molecular formula is C21H31N5O2. The Bertz CT molecular complexity index is 726. The highest BCUT2D eigenvalue weighted by Gasteiger charge is 2.22. The minimum absolute atomic E-state index is 0.168. The number of amides is 2. The van der Waals surface area contributed by atoms with Gasteiger partial charge in [-0.05, 0) is 36.1 Å². The standard InChI is InChI=1S/C21H31N5O2/c1-17(2)13-20(25-9-11-28-12-10-25)15-22-21(27)24-19-6-3-5-18(14-19)16-26-8-4-7-23-26/h3-8,14,17,20H,9-13,15-16H2,1-2H3,(H2,22,24,27)/t20-/m1/s1. The van der Waals surface area contributed by atoms with Gasteiger partial charge in [0.15, 0.2) is 0 Å². The monoisotopic (exact) mass is 385 g/mol. The molecule has 1 aromatic carbocycles. The van der Waals surface area contributed by atoms with Crippen molar-refractivity contribution < 1.29 is 9.53 Å². The molecule has 1 saturated heterocycles. The topological polar surface area (TPSA) is 71.4 Å². The number of carbonyl (C=O) groups excluding carboxylic acids is 1. The molecule has 0 aliphatic carbocycles. The summed E-state index contributed by atoms with van der Waals surface area (Å²) in [5.41, 5.74) is 1.88. The van der Waals surface area contributed by atoms with Gasteiger partial charge in [0.2, 0.25) is 0 Å². The smallest absolute Gasteiger partial charge is 0.319 e. The first kappa shape index (κ1) is 20.4. The summed E-state index contributed by atoms with van der Waals surface area (Å²) in [6, 6.07) is 9.93. The summed E-state index contributed by atoms with van der Waals surface area (Å²) in [5.74, 6) is 0.580. The Morgan fingerprint density at radius 2 is 2.07 bits per heavy atom. The number of hydrogen-bond acceptors (Lipinski definition) is 4. The maximum Gasteiger partial charge on any atom is 0.319 e. The Morgan fingerprint density at radius 1 is 1.25 bits per heavy atom. The van der Waals surface area contributed by atoms with Crippen LogP contribution in [0.2, 0.25) is 0 Å². The molecule has 1 fully saturated rings. The van der Waals surface area contributed by atoms with Crippen molar-refractivity contribution in [3.8, 4) is 0 Å². The third kappa shape index (κ3) is 6.35. The normalized spacial score (nSPS) is 16.1. The third-order valence-electron chi connectivity index (χ3n) is 4.89. The molecule has 7 nitrogen and oxygen atoms in total. The number of anilines is 1. The molecule has 0 unspecified atom stereocenters. The number of urea groups is 1. The van der Waals surface area contributed by atoms with Crippen LogP contribution in [-0.2, 0) is 11.3 Å². The van der Waals surface area contributed by atoms with Crippen LogP contribution >= 0.6 is 0 Å². The average Bonchev–Trinajstić information content (AvgIpc) is 3.19. The molecule has 1 aromatic heterocycles. The SMILES string of the molecule is CC(C)C[C@H](CNC(=O)Nc1cccc(Cn2cccn2)c1)N1CCOCC1. The first-order valence-electron chi connectivity index (χ1n) is 10.0. The van der Waals surface area contributed by atoms with Crippen LogP contribution in [0.1, 0.15) is 25.8 Å². The van der Waals surface area contributed by atoms with Gasteiger partial charge in [-0.1, -0.05) is 26.0 Å². The van der Waals surface area contributed by atoms with Gasteiger partial charge < -0.3 is 15.4 Å². The lowest BCUT2D eigenvalue weighted by molar-refractivity contribution is 0.0130. The van der Waals surface area contributed by atoms with E-state index in [4.69, 9.17) is 4.74 Å². The number of morpholine rings is 1. The molecule has 1 aliphatic rings. The van der Waals surface area contributed by atoms with E-state index < -0.39 is 0 Å². The number of nitrogens with zero attached hydrogens (tertiary/aromatic N) is 3. The molecule has 0 spiro atoms. The fourth-order valence-electron chi connectivity index (χ4n) is 3.56. The fraction of sp³-hybridized carbons (Fsp3) is 0.524. The molecule has 0 radical (unpaired) electrons. The highest BCUT2D eigenvalue weighted by Crippen LogP contribution is 2.14. The predicted molar refractivity (Wildman–Crippen MR) is 110 cm³/mol. The van der Waals surface area contributed by atoms with Crippen LogP contribution in [0.4, 0.5) is 10.5 Å². The van der Waals surface area contributed by atoms with Gasteiger partial charge in [0.25, 0.3) is 0 Å². The Hall–Kier alpha value is -2.38. The number of ether oxygens (including phenoxy) is 1. The summed E-state index contributed by atoms with van der Waals surface area (Å²) in [6.07, 6.45) is 4.74. The van der Waals surface area contributed by atoms with E-state index in [-0.39, 0.29) is 6.03 Å². The van der Waals surface area contributed by atoms with E-state index in [1.54, 1.807) is 6.20 Å². The summed E-state index contributed by atoms with van der Waals surface area (Å²) in [6.45, 7) is 9.14. The third-order valence-corrected chi connectivity index (χ3v) is 4.89. The maximum atomic E-state index is 12.4. The molecule has 0 bridgehead atoms. The predicted octanol–water partition coefficient (Wildman–Crippen LogP) is 2.80. The van der Waals surface area contributed by atoms with Gasteiger partial charge in [0.1, 0.15) is 0 Å². The van der Waals surface area contributed by atoms with E-state index in [0.29, 0.717) is 25.0 Å². The first-order valence-corrected chi connectivity index (χ1v) is 10.0. The molecule has 2 heterocycles. The lowest BCUT2D eigenvalue weighted by atomic mass is 10.0. The van der Waals surface area contributed by atoms with Crippen LogP contribution in [0.25, 0.3) is 0 Å². The highest BCUT2D eigenvalue weighted by atomic mass is 16.5. The van der Waals surface area contributed by atoms with Gasteiger partial charge in [-0.3, -0.25) is 9.58 Å². The zero-order valence-electron chi connectivity index (χ0n) is 16.8. The molecule has 0 saturated carbocycles. The van der Waals surface area contributed by atoms with Crippen LogP contribution in [-0.4, -0.2) is 59.6 Å². The van der Waals surface area contributed by atoms with Crippen LogP contribution in [0.15, 0.2) is 42.7 Å². The van der Waals surface area contributed by atoms with Gasteiger partial charge in [0.05, 0.1) is 19.8 Å². The van der Waals surface area contributed by atoms with E-state index in [2.05, 4.69) is 34.5 Å². The number of benzene rings is 1. The lowest BCUT2D eigenvalue weighted by Crippen LogP contribution is -2.49. The molecule has 3 rings (SSSR count). The van der Waals surface area contributed by atoms with Gasteiger partial charge in [0, 0.05) is 43.8 Å². The van der Waals surface area contributed by atoms with E-state index >= 15 is 0 Å². The minimum atomic E-state index is -0.168. The molecule has 1 aliphatic heterocycles. The molecule has 1 atom stereocenters. The molecule has 2 amide bonds. The van der Waals surface area contributed by atoms with Gasteiger partial charge >= 0.3 is 6.03 Å². The number of hydrogen-bond donors (Lipinski definition) is 2. The summed E-state index contributed by atoms with van der Waals surface area (Å²) in [5, 5.41) is 10.2. The summed E-state index contributed by atoms with van der Waals surface area (Å²) in [7, 11) is 0. The van der Waals surface area contributed by atoms with Gasteiger partial charge in [-0.25, -0.2) is 4.79 Å². The summed E-state index contributed by atoms with van der Waals surface area (Å²) < 4.78 is 7.32. The van der Waals surface area contributed by atoms with Crippen molar-refractivity contribution in [1.29, 1.82) is 0 Å².